The number of hydrogen-bond acceptors (Lipinski definition) is 1. The molecule has 1 unspecified atom stereocenters. The highest BCUT2D eigenvalue weighted by atomic mass is 19.1. The van der Waals surface area contributed by atoms with Crippen LogP contribution in [0.4, 0.5) is 4.39 Å². The van der Waals surface area contributed by atoms with Crippen LogP contribution in [-0.2, 0) is 0 Å². The van der Waals surface area contributed by atoms with Crippen molar-refractivity contribution in [3.8, 4) is 0 Å². The van der Waals surface area contributed by atoms with Gasteiger partial charge in [0.2, 0.25) is 0 Å². The number of likely N-dealkylation sites (tertiary alicyclic amines) is 1. The van der Waals surface area contributed by atoms with Crippen molar-refractivity contribution in [2.45, 2.75) is 57.2 Å². The zero-order chi connectivity index (χ0) is 9.31. The Morgan fingerprint density at radius 3 is 2.54 bits per heavy atom. The van der Waals surface area contributed by atoms with Crippen molar-refractivity contribution in [3.63, 3.8) is 0 Å². The number of hydrogen-bond donors (Lipinski definition) is 0. The summed E-state index contributed by atoms with van der Waals surface area (Å²) in [6.45, 7) is 3.57. The smallest absolute Gasteiger partial charge is 0.120 e. The largest absolute Gasteiger partial charge is 0.297 e. The maximum atomic E-state index is 13.7. The van der Waals surface area contributed by atoms with Gasteiger partial charge >= 0.3 is 0 Å². The standard InChI is InChI=1S/C11H20FN/c1-11(12)7-4-8-13(9-11)10-5-2-3-6-10/h10H,2-9H2,1H3. The summed E-state index contributed by atoms with van der Waals surface area (Å²) in [7, 11) is 0. The van der Waals surface area contributed by atoms with Crippen molar-refractivity contribution in [1.29, 1.82) is 0 Å². The lowest BCUT2D eigenvalue weighted by Crippen LogP contribution is -2.47. The van der Waals surface area contributed by atoms with Crippen molar-refractivity contribution in [2.24, 2.45) is 0 Å². The first-order valence-corrected chi connectivity index (χ1v) is 5.60. The molecule has 1 saturated heterocycles. The minimum Gasteiger partial charge on any atom is -0.297 e. The van der Waals surface area contributed by atoms with E-state index in [-0.39, 0.29) is 0 Å². The zero-order valence-corrected chi connectivity index (χ0v) is 8.56. The van der Waals surface area contributed by atoms with E-state index in [0.717, 1.165) is 19.4 Å². The predicted octanol–water partition coefficient (Wildman–Crippen LogP) is 2.75. The number of alkyl halides is 1. The molecule has 1 heterocycles. The Morgan fingerprint density at radius 2 is 1.92 bits per heavy atom. The van der Waals surface area contributed by atoms with Crippen molar-refractivity contribution in [3.05, 3.63) is 0 Å². The molecule has 0 spiro atoms. The highest BCUT2D eigenvalue weighted by Gasteiger charge is 2.34. The van der Waals surface area contributed by atoms with Gasteiger partial charge in [0, 0.05) is 12.6 Å². The van der Waals surface area contributed by atoms with Crippen LogP contribution >= 0.6 is 0 Å². The Hall–Kier alpha value is -0.110. The Kier molecular flexibility index (Phi) is 2.59. The Bertz CT molecular complexity index is 173. The van der Waals surface area contributed by atoms with Gasteiger partial charge in [0.15, 0.2) is 0 Å². The van der Waals surface area contributed by atoms with Crippen molar-refractivity contribution >= 4 is 0 Å². The highest BCUT2D eigenvalue weighted by Crippen LogP contribution is 2.31. The molecular formula is C11H20FN. The lowest BCUT2D eigenvalue weighted by molar-refractivity contribution is 0.0366. The fraction of sp³-hybridized carbons (Fsp3) is 1.00. The van der Waals surface area contributed by atoms with Crippen LogP contribution in [0, 0.1) is 0 Å². The molecule has 2 aliphatic rings. The van der Waals surface area contributed by atoms with Crippen LogP contribution in [-0.4, -0.2) is 29.7 Å². The van der Waals surface area contributed by atoms with Gasteiger partial charge in [0.05, 0.1) is 0 Å². The van der Waals surface area contributed by atoms with Gasteiger partial charge in [-0.1, -0.05) is 12.8 Å². The van der Waals surface area contributed by atoms with E-state index in [1.165, 1.54) is 25.7 Å². The predicted molar refractivity (Wildman–Crippen MR) is 52.6 cm³/mol. The molecule has 2 rings (SSSR count). The first kappa shape index (κ1) is 9.45. The SMILES string of the molecule is CC1(F)CCCN(C2CCCC2)C1. The van der Waals surface area contributed by atoms with Gasteiger partial charge in [0.25, 0.3) is 0 Å². The summed E-state index contributed by atoms with van der Waals surface area (Å²) >= 11 is 0. The van der Waals surface area contributed by atoms with E-state index in [0.29, 0.717) is 12.6 Å². The van der Waals surface area contributed by atoms with Crippen molar-refractivity contribution in [1.82, 2.24) is 4.90 Å². The summed E-state index contributed by atoms with van der Waals surface area (Å²) < 4.78 is 13.7. The maximum absolute atomic E-state index is 13.7. The molecule has 2 fully saturated rings. The van der Waals surface area contributed by atoms with Crippen molar-refractivity contribution in [2.75, 3.05) is 13.1 Å². The fourth-order valence-corrected chi connectivity index (χ4v) is 2.81. The second-order valence-corrected chi connectivity index (χ2v) is 4.93. The number of halogens is 1. The summed E-state index contributed by atoms with van der Waals surface area (Å²) in [4.78, 5) is 2.39. The van der Waals surface area contributed by atoms with Crippen LogP contribution in [0.15, 0.2) is 0 Å². The summed E-state index contributed by atoms with van der Waals surface area (Å²) in [6.07, 6.45) is 7.11. The van der Waals surface area contributed by atoms with Gasteiger partial charge in [-0.2, -0.15) is 0 Å². The number of nitrogens with zero attached hydrogens (tertiary/aromatic N) is 1. The summed E-state index contributed by atoms with van der Waals surface area (Å²) in [5, 5.41) is 0. The zero-order valence-electron chi connectivity index (χ0n) is 8.56. The Labute approximate surface area is 80.3 Å². The molecule has 1 aliphatic carbocycles. The fourth-order valence-electron chi connectivity index (χ4n) is 2.81. The maximum Gasteiger partial charge on any atom is 0.120 e. The van der Waals surface area contributed by atoms with Crippen LogP contribution in [0.1, 0.15) is 45.4 Å². The molecule has 0 amide bonds. The minimum absolute atomic E-state index is 0.678. The third kappa shape index (κ3) is 2.22. The molecule has 0 aromatic carbocycles. The van der Waals surface area contributed by atoms with Gasteiger partial charge in [-0.05, 0) is 39.2 Å². The van der Waals surface area contributed by atoms with E-state index in [9.17, 15) is 4.39 Å². The van der Waals surface area contributed by atoms with Gasteiger partial charge in [-0.3, -0.25) is 4.90 Å². The normalized spacial score (nSPS) is 38.3. The molecule has 0 radical (unpaired) electrons. The second-order valence-electron chi connectivity index (χ2n) is 4.93. The lowest BCUT2D eigenvalue weighted by atomic mass is 9.95. The molecule has 0 aromatic heterocycles. The Balaban J connectivity index is 1.91. The topological polar surface area (TPSA) is 3.24 Å². The first-order chi connectivity index (χ1) is 6.17. The third-order valence-electron chi connectivity index (χ3n) is 3.52. The summed E-state index contributed by atoms with van der Waals surface area (Å²) in [6, 6.07) is 0.704. The van der Waals surface area contributed by atoms with Crippen LogP contribution in [0.5, 0.6) is 0 Å². The molecule has 0 bridgehead atoms. The highest BCUT2D eigenvalue weighted by molar-refractivity contribution is 4.88. The molecule has 76 valence electrons. The number of rotatable bonds is 1. The van der Waals surface area contributed by atoms with Crippen LogP contribution in [0.2, 0.25) is 0 Å². The molecule has 13 heavy (non-hydrogen) atoms. The van der Waals surface area contributed by atoms with Crippen molar-refractivity contribution < 1.29 is 4.39 Å². The van der Waals surface area contributed by atoms with E-state index < -0.39 is 5.67 Å². The van der Waals surface area contributed by atoms with E-state index in [2.05, 4.69) is 4.90 Å². The Morgan fingerprint density at radius 1 is 1.23 bits per heavy atom. The molecule has 2 heteroatoms. The van der Waals surface area contributed by atoms with E-state index in [1.54, 1.807) is 6.92 Å². The number of piperidine rings is 1. The first-order valence-electron chi connectivity index (χ1n) is 5.60. The average Bonchev–Trinajstić information content (AvgIpc) is 2.53. The molecule has 1 atom stereocenters. The van der Waals surface area contributed by atoms with Crippen LogP contribution in [0.25, 0.3) is 0 Å². The quantitative estimate of drug-likeness (QED) is 0.607. The lowest BCUT2D eigenvalue weighted by Gasteiger charge is -2.38. The van der Waals surface area contributed by atoms with E-state index >= 15 is 0 Å². The molecule has 1 aliphatic heterocycles. The monoisotopic (exact) mass is 185 g/mol. The molecule has 1 saturated carbocycles. The molecule has 0 aromatic rings. The van der Waals surface area contributed by atoms with Gasteiger partial charge in [-0.25, -0.2) is 4.39 Å². The molecular weight excluding hydrogens is 165 g/mol. The van der Waals surface area contributed by atoms with Crippen LogP contribution < -0.4 is 0 Å². The average molecular weight is 185 g/mol. The van der Waals surface area contributed by atoms with Crippen LogP contribution in [0.3, 0.4) is 0 Å². The minimum atomic E-state index is -0.916. The van der Waals surface area contributed by atoms with E-state index in [1.807, 2.05) is 0 Å². The second kappa shape index (κ2) is 3.56. The summed E-state index contributed by atoms with van der Waals surface area (Å²) in [5.41, 5.74) is -0.916. The third-order valence-corrected chi connectivity index (χ3v) is 3.52. The molecule has 0 N–H and O–H groups in total. The molecule has 1 nitrogen and oxygen atoms in total. The van der Waals surface area contributed by atoms with Gasteiger partial charge < -0.3 is 0 Å². The van der Waals surface area contributed by atoms with E-state index in [4.69, 9.17) is 0 Å². The van der Waals surface area contributed by atoms with Gasteiger partial charge in [0.1, 0.15) is 5.67 Å². The van der Waals surface area contributed by atoms with Gasteiger partial charge in [-0.15, -0.1) is 0 Å². The summed E-state index contributed by atoms with van der Waals surface area (Å²) in [5.74, 6) is 0.